The van der Waals surface area contributed by atoms with E-state index < -0.39 is 18.3 Å². The Morgan fingerprint density at radius 2 is 1.95 bits per heavy atom. The average Bonchev–Trinajstić information content (AvgIpc) is 3.76. The van der Waals surface area contributed by atoms with E-state index in [0.29, 0.717) is 47.9 Å². The highest BCUT2D eigenvalue weighted by atomic mass is 19.3. The van der Waals surface area contributed by atoms with Crippen molar-refractivity contribution in [3.8, 4) is 11.9 Å². The summed E-state index contributed by atoms with van der Waals surface area (Å²) in [5.41, 5.74) is 1.85. The van der Waals surface area contributed by atoms with E-state index in [9.17, 15) is 23.1 Å². The molecule has 1 aliphatic heterocycles. The van der Waals surface area contributed by atoms with Crippen molar-refractivity contribution in [3.63, 3.8) is 0 Å². The Kier molecular flexibility index (Phi) is 8.03. The molecule has 6 rings (SSSR count). The second-order valence-corrected chi connectivity index (χ2v) is 10.5. The van der Waals surface area contributed by atoms with Crippen molar-refractivity contribution in [2.45, 2.75) is 45.1 Å². The Bertz CT molecular complexity index is 1850. The molecule has 0 unspecified atom stereocenters. The first-order chi connectivity index (χ1) is 21.3. The second-order valence-electron chi connectivity index (χ2n) is 10.5. The van der Waals surface area contributed by atoms with Gasteiger partial charge in [-0.25, -0.2) is 14.4 Å². The number of likely N-dealkylation sites (tertiary alicyclic amines) is 1. The zero-order valence-electron chi connectivity index (χ0n) is 23.3. The van der Waals surface area contributed by atoms with Gasteiger partial charge in [-0.15, -0.1) is 5.10 Å². The first-order valence-corrected chi connectivity index (χ1v) is 13.9. The minimum atomic E-state index is -2.77. The van der Waals surface area contributed by atoms with Crippen LogP contribution in [0.1, 0.15) is 58.4 Å². The third-order valence-corrected chi connectivity index (χ3v) is 7.78. The molecule has 0 atom stereocenters. The molecule has 0 aliphatic carbocycles. The van der Waals surface area contributed by atoms with Crippen LogP contribution in [0.3, 0.4) is 0 Å². The van der Waals surface area contributed by atoms with Crippen LogP contribution in [-0.4, -0.2) is 52.8 Å². The minimum Gasteiger partial charge on any atom is -0.545 e. The fourth-order valence-corrected chi connectivity index (χ4v) is 5.42. The van der Waals surface area contributed by atoms with E-state index in [0.717, 1.165) is 23.7 Å². The van der Waals surface area contributed by atoms with Crippen LogP contribution in [0.2, 0.25) is 0 Å². The summed E-state index contributed by atoms with van der Waals surface area (Å²) < 4.78 is 51.3. The summed E-state index contributed by atoms with van der Waals surface area (Å²) in [6.07, 6.45) is 5.80. The van der Waals surface area contributed by atoms with Crippen molar-refractivity contribution in [2.24, 2.45) is 0 Å². The van der Waals surface area contributed by atoms with Crippen LogP contribution in [0.5, 0.6) is 5.88 Å². The van der Waals surface area contributed by atoms with Gasteiger partial charge < -0.3 is 19.2 Å². The van der Waals surface area contributed by atoms with E-state index in [4.69, 9.17) is 15.0 Å². The van der Waals surface area contributed by atoms with E-state index in [1.807, 2.05) is 16.9 Å². The van der Waals surface area contributed by atoms with Crippen LogP contribution in [0.15, 0.2) is 61.2 Å². The number of carbonyl (C=O) groups excluding carboxylic acids is 1. The molecule has 2 aromatic carbocycles. The van der Waals surface area contributed by atoms with Gasteiger partial charge in [0.1, 0.15) is 18.2 Å². The quantitative estimate of drug-likeness (QED) is 0.237. The van der Waals surface area contributed by atoms with Gasteiger partial charge >= 0.3 is 6.55 Å². The molecule has 0 radical (unpaired) electrons. The summed E-state index contributed by atoms with van der Waals surface area (Å²) in [5, 5.41) is 24.9. The Balaban J connectivity index is 1.13. The maximum absolute atomic E-state index is 14.2. The van der Waals surface area contributed by atoms with Gasteiger partial charge in [-0.1, -0.05) is 12.1 Å². The number of imidazole rings is 2. The summed E-state index contributed by atoms with van der Waals surface area (Å²) in [6, 6.07) is 12.4. The van der Waals surface area contributed by atoms with Gasteiger partial charge in [-0.2, -0.15) is 14.0 Å². The zero-order chi connectivity index (χ0) is 30.8. The molecule has 4 heterocycles. The van der Waals surface area contributed by atoms with Gasteiger partial charge in [0.2, 0.25) is 5.88 Å². The van der Waals surface area contributed by atoms with Crippen molar-refractivity contribution >= 4 is 17.0 Å². The molecule has 0 amide bonds. The number of aromatic nitrogens is 6. The van der Waals surface area contributed by atoms with Crippen molar-refractivity contribution in [3.05, 3.63) is 95.2 Å². The molecule has 11 nitrogen and oxygen atoms in total. The van der Waals surface area contributed by atoms with Gasteiger partial charge in [0.15, 0.2) is 0 Å². The lowest BCUT2D eigenvalue weighted by molar-refractivity contribution is -0.255. The lowest BCUT2D eigenvalue weighted by atomic mass is 10.1. The minimum absolute atomic E-state index is 0.0173. The maximum Gasteiger partial charge on any atom is 0.320 e. The second kappa shape index (κ2) is 12.2. The Morgan fingerprint density at radius 1 is 1.14 bits per heavy atom. The van der Waals surface area contributed by atoms with Gasteiger partial charge in [0, 0.05) is 30.9 Å². The summed E-state index contributed by atoms with van der Waals surface area (Å²) in [4.78, 5) is 22.3. The predicted octanol–water partition coefficient (Wildman–Crippen LogP) is 3.66. The highest BCUT2D eigenvalue weighted by Crippen LogP contribution is 2.27. The van der Waals surface area contributed by atoms with Crippen molar-refractivity contribution < 1.29 is 27.8 Å². The van der Waals surface area contributed by atoms with Crippen LogP contribution in [0.4, 0.5) is 13.2 Å². The molecule has 1 aliphatic rings. The molecule has 5 aromatic rings. The molecular weight excluding hydrogens is 577 g/mol. The van der Waals surface area contributed by atoms with E-state index in [1.54, 1.807) is 16.7 Å². The first kappa shape index (κ1) is 28.9. The SMILES string of the molecule is N#Cc1ccc(COc2ccn(C3CCN(Cc4nc5ccc(C(=O)[O-])cc5n4Cc4cncn4C(F)F)CC3)n2)c(F)c1. The zero-order valence-corrected chi connectivity index (χ0v) is 23.3. The molecular formula is C30H26F3N8O3-. The molecule has 1 fully saturated rings. The maximum atomic E-state index is 14.2. The van der Waals surface area contributed by atoms with E-state index in [1.165, 1.54) is 36.5 Å². The normalized spacial score (nSPS) is 14.3. The number of piperidine rings is 1. The van der Waals surface area contributed by atoms with Crippen LogP contribution in [0.25, 0.3) is 11.0 Å². The molecule has 0 saturated carbocycles. The summed E-state index contributed by atoms with van der Waals surface area (Å²) in [7, 11) is 0. The molecule has 0 N–H and O–H groups in total. The molecule has 1 saturated heterocycles. The number of hydrogen-bond donors (Lipinski definition) is 0. The number of hydrogen-bond acceptors (Lipinski definition) is 8. The molecule has 0 spiro atoms. The summed E-state index contributed by atoms with van der Waals surface area (Å²) in [6.45, 7) is -0.912. The third kappa shape index (κ3) is 6.00. The number of carboxylic acid groups (broad SMARTS) is 1. The molecule has 3 aromatic heterocycles. The number of fused-ring (bicyclic) bond motifs is 1. The van der Waals surface area contributed by atoms with Gasteiger partial charge in [-0.3, -0.25) is 14.1 Å². The van der Waals surface area contributed by atoms with E-state index >= 15 is 0 Å². The number of ether oxygens (including phenoxy) is 1. The highest BCUT2D eigenvalue weighted by molar-refractivity contribution is 5.91. The Hall–Kier alpha value is -5.16. The summed E-state index contributed by atoms with van der Waals surface area (Å²) >= 11 is 0. The topological polar surface area (TPSA) is 130 Å². The molecule has 226 valence electrons. The number of nitrogens with zero attached hydrogens (tertiary/aromatic N) is 8. The third-order valence-electron chi connectivity index (χ3n) is 7.78. The number of alkyl halides is 2. The molecule has 14 heteroatoms. The van der Waals surface area contributed by atoms with Crippen LogP contribution >= 0.6 is 0 Å². The smallest absolute Gasteiger partial charge is 0.320 e. The number of aromatic carboxylic acids is 1. The predicted molar refractivity (Wildman–Crippen MR) is 148 cm³/mol. The number of carboxylic acids is 1. The molecule has 44 heavy (non-hydrogen) atoms. The fourth-order valence-electron chi connectivity index (χ4n) is 5.42. The van der Waals surface area contributed by atoms with Gasteiger partial charge in [-0.05, 0) is 42.7 Å². The number of nitriles is 1. The summed E-state index contributed by atoms with van der Waals surface area (Å²) in [5.74, 6) is -0.873. The lowest BCUT2D eigenvalue weighted by Gasteiger charge is -2.31. The number of halogens is 3. The Morgan fingerprint density at radius 3 is 2.68 bits per heavy atom. The standard InChI is InChI=1S/C30H27F3N8O3/c31-24-11-19(13-34)1-2-21(24)17-44-28-7-10-41(37-28)22-5-8-38(9-6-22)16-27-36-25-4-3-20(29(42)43)12-26(25)39(27)15-23-14-35-18-40(23)30(32)33/h1-4,7,10-12,14,18,22,30H,5-6,8-9,15-17H2,(H,42,43)/p-1. The Labute approximate surface area is 249 Å². The van der Waals surface area contributed by atoms with E-state index in [-0.39, 0.29) is 36.0 Å². The highest BCUT2D eigenvalue weighted by Gasteiger charge is 2.24. The number of carbonyl (C=O) groups is 1. The largest absolute Gasteiger partial charge is 0.545 e. The number of rotatable bonds is 10. The van der Waals surface area contributed by atoms with Gasteiger partial charge in [0.25, 0.3) is 0 Å². The van der Waals surface area contributed by atoms with Crippen molar-refractivity contribution in [2.75, 3.05) is 13.1 Å². The first-order valence-electron chi connectivity index (χ1n) is 13.9. The average molecular weight is 604 g/mol. The monoisotopic (exact) mass is 603 g/mol. The van der Waals surface area contributed by atoms with Crippen LogP contribution < -0.4 is 9.84 Å². The van der Waals surface area contributed by atoms with Gasteiger partial charge in [0.05, 0.1) is 66.0 Å². The lowest BCUT2D eigenvalue weighted by Crippen LogP contribution is -2.35. The van der Waals surface area contributed by atoms with Crippen LogP contribution in [-0.2, 0) is 19.7 Å². The van der Waals surface area contributed by atoms with Crippen molar-refractivity contribution in [1.82, 2.24) is 33.8 Å². The molecule has 0 bridgehead atoms. The van der Waals surface area contributed by atoms with Crippen molar-refractivity contribution in [1.29, 1.82) is 5.26 Å². The van der Waals surface area contributed by atoms with Crippen LogP contribution in [0, 0.1) is 17.1 Å². The fraction of sp³-hybridized carbons (Fsp3) is 0.300. The van der Waals surface area contributed by atoms with E-state index in [2.05, 4.69) is 15.0 Å². The number of benzene rings is 2.